The van der Waals surface area contributed by atoms with Crippen LogP contribution in [0.2, 0.25) is 0 Å². The number of benzene rings is 1. The number of nitriles is 1. The molecule has 0 amide bonds. The SMILES string of the molecule is C=C[C@H]1CN2CC[C@H]1C[C@@H]2[C@@H](O)c1cc(C#N)nc2ccc(OC)cc12. The van der Waals surface area contributed by atoms with E-state index in [-0.39, 0.29) is 6.04 Å². The highest BCUT2D eigenvalue weighted by molar-refractivity contribution is 5.84. The minimum Gasteiger partial charge on any atom is -0.497 e. The third kappa shape index (κ3) is 2.76. The predicted molar refractivity (Wildman–Crippen MR) is 99.7 cm³/mol. The molecule has 5 nitrogen and oxygen atoms in total. The molecule has 1 aromatic heterocycles. The maximum Gasteiger partial charge on any atom is 0.141 e. The molecule has 2 bridgehead atoms. The summed E-state index contributed by atoms with van der Waals surface area (Å²) in [7, 11) is 1.62. The molecule has 1 N–H and O–H groups in total. The molecule has 134 valence electrons. The number of hydrogen-bond acceptors (Lipinski definition) is 5. The highest BCUT2D eigenvalue weighted by atomic mass is 16.5. The zero-order valence-electron chi connectivity index (χ0n) is 14.9. The molecule has 4 heterocycles. The van der Waals surface area contributed by atoms with E-state index in [9.17, 15) is 10.4 Å². The van der Waals surface area contributed by atoms with Crippen molar-refractivity contribution in [1.29, 1.82) is 5.26 Å². The number of aliphatic hydroxyl groups excluding tert-OH is 1. The Balaban J connectivity index is 1.76. The largest absolute Gasteiger partial charge is 0.497 e. The minimum absolute atomic E-state index is 0.0632. The Kier molecular flexibility index (Phi) is 4.39. The van der Waals surface area contributed by atoms with Crippen molar-refractivity contribution >= 4 is 10.9 Å². The van der Waals surface area contributed by atoms with Crippen LogP contribution >= 0.6 is 0 Å². The molecule has 1 aromatic carbocycles. The minimum atomic E-state index is -0.659. The molecule has 3 aliphatic heterocycles. The van der Waals surface area contributed by atoms with E-state index in [4.69, 9.17) is 4.74 Å². The number of fused-ring (bicyclic) bond motifs is 4. The van der Waals surface area contributed by atoms with Crippen LogP contribution in [0.15, 0.2) is 36.9 Å². The number of piperidine rings is 3. The molecular formula is C21H23N3O2. The normalized spacial score (nSPS) is 28.5. The third-order valence-corrected chi connectivity index (χ3v) is 6.00. The topological polar surface area (TPSA) is 69.4 Å². The fraction of sp³-hybridized carbons (Fsp3) is 0.429. The van der Waals surface area contributed by atoms with Gasteiger partial charge in [0.15, 0.2) is 0 Å². The van der Waals surface area contributed by atoms with Crippen LogP contribution < -0.4 is 4.74 Å². The van der Waals surface area contributed by atoms with Gasteiger partial charge in [-0.1, -0.05) is 6.08 Å². The van der Waals surface area contributed by atoms with Crippen LogP contribution in [0.1, 0.15) is 30.2 Å². The van der Waals surface area contributed by atoms with E-state index < -0.39 is 6.10 Å². The number of rotatable bonds is 4. The Bertz CT molecular complexity index is 889. The van der Waals surface area contributed by atoms with E-state index in [0.29, 0.717) is 23.0 Å². The van der Waals surface area contributed by atoms with Gasteiger partial charge in [0.05, 0.1) is 18.7 Å². The quantitative estimate of drug-likeness (QED) is 0.859. The zero-order valence-corrected chi connectivity index (χ0v) is 14.9. The first-order chi connectivity index (χ1) is 12.6. The molecular weight excluding hydrogens is 326 g/mol. The van der Waals surface area contributed by atoms with Crippen molar-refractivity contribution in [1.82, 2.24) is 9.88 Å². The van der Waals surface area contributed by atoms with Gasteiger partial charge in [-0.25, -0.2) is 4.98 Å². The third-order valence-electron chi connectivity index (χ3n) is 6.00. The van der Waals surface area contributed by atoms with Gasteiger partial charge in [0.25, 0.3) is 0 Å². The van der Waals surface area contributed by atoms with Crippen molar-refractivity contribution in [2.75, 3.05) is 20.2 Å². The summed E-state index contributed by atoms with van der Waals surface area (Å²) >= 11 is 0. The summed E-state index contributed by atoms with van der Waals surface area (Å²) < 4.78 is 5.34. The fourth-order valence-electron chi connectivity index (χ4n) is 4.57. The average molecular weight is 349 g/mol. The molecule has 2 aromatic rings. The van der Waals surface area contributed by atoms with Gasteiger partial charge in [-0.05, 0) is 61.1 Å². The van der Waals surface area contributed by atoms with Crippen molar-refractivity contribution in [3.63, 3.8) is 0 Å². The van der Waals surface area contributed by atoms with Crippen LogP contribution in [-0.2, 0) is 0 Å². The van der Waals surface area contributed by atoms with Gasteiger partial charge in [-0.3, -0.25) is 4.90 Å². The lowest BCUT2D eigenvalue weighted by Gasteiger charge is -2.50. The Morgan fingerprint density at radius 2 is 2.31 bits per heavy atom. The number of hydrogen-bond donors (Lipinski definition) is 1. The Labute approximate surface area is 153 Å². The summed E-state index contributed by atoms with van der Waals surface area (Å²) in [6.07, 6.45) is 3.51. The zero-order chi connectivity index (χ0) is 18.3. The number of methoxy groups -OCH3 is 1. The molecule has 0 radical (unpaired) electrons. The van der Waals surface area contributed by atoms with Crippen molar-refractivity contribution in [2.24, 2.45) is 11.8 Å². The predicted octanol–water partition coefficient (Wildman–Crippen LogP) is 3.04. The number of ether oxygens (including phenoxy) is 1. The molecule has 0 aliphatic carbocycles. The maximum absolute atomic E-state index is 11.3. The van der Waals surface area contributed by atoms with Crippen molar-refractivity contribution < 1.29 is 9.84 Å². The Morgan fingerprint density at radius 1 is 1.46 bits per heavy atom. The molecule has 3 fully saturated rings. The Hall–Kier alpha value is -2.42. The van der Waals surface area contributed by atoms with Crippen LogP contribution in [0.3, 0.4) is 0 Å². The monoisotopic (exact) mass is 349 g/mol. The second kappa shape index (κ2) is 6.71. The van der Waals surface area contributed by atoms with Gasteiger partial charge >= 0.3 is 0 Å². The van der Waals surface area contributed by atoms with Crippen LogP contribution in [0.4, 0.5) is 0 Å². The van der Waals surface area contributed by atoms with Crippen molar-refractivity contribution in [3.8, 4) is 11.8 Å². The van der Waals surface area contributed by atoms with E-state index in [2.05, 4.69) is 28.6 Å². The van der Waals surface area contributed by atoms with Gasteiger partial charge in [0.1, 0.15) is 17.5 Å². The molecule has 0 saturated carbocycles. The molecule has 3 aliphatic rings. The molecule has 5 atom stereocenters. The van der Waals surface area contributed by atoms with Gasteiger partial charge < -0.3 is 9.84 Å². The van der Waals surface area contributed by atoms with Gasteiger partial charge in [-0.15, -0.1) is 6.58 Å². The molecule has 1 unspecified atom stereocenters. The van der Waals surface area contributed by atoms with E-state index in [1.165, 1.54) is 0 Å². The number of aromatic nitrogens is 1. The lowest BCUT2D eigenvalue weighted by Crippen LogP contribution is -2.54. The maximum atomic E-state index is 11.3. The molecule has 26 heavy (non-hydrogen) atoms. The average Bonchev–Trinajstić information content (AvgIpc) is 2.72. The summed E-state index contributed by atoms with van der Waals surface area (Å²) in [4.78, 5) is 6.75. The van der Waals surface area contributed by atoms with Crippen LogP contribution in [0, 0.1) is 23.2 Å². The van der Waals surface area contributed by atoms with Gasteiger partial charge in [-0.2, -0.15) is 5.26 Å². The van der Waals surface area contributed by atoms with Crippen LogP contribution in [0.5, 0.6) is 5.75 Å². The molecule has 3 saturated heterocycles. The van der Waals surface area contributed by atoms with Crippen LogP contribution in [-0.4, -0.2) is 41.2 Å². The summed E-state index contributed by atoms with van der Waals surface area (Å²) in [5.41, 5.74) is 1.80. The molecule has 5 heteroatoms. The van der Waals surface area contributed by atoms with Gasteiger partial charge in [0.2, 0.25) is 0 Å². The van der Waals surface area contributed by atoms with Gasteiger partial charge in [0, 0.05) is 18.0 Å². The number of pyridine rings is 1. The standard InChI is InChI=1S/C21H23N3O2/c1-3-13-12-24-7-6-14(13)8-20(24)21(25)18-9-15(11-22)23-19-5-4-16(26-2)10-17(18)19/h3-5,9-10,13-14,20-21,25H,1,6-8,12H2,2H3/t13-,14-,20+,21-/m0/s1. The van der Waals surface area contributed by atoms with E-state index in [1.54, 1.807) is 13.2 Å². The van der Waals surface area contributed by atoms with Crippen molar-refractivity contribution in [2.45, 2.75) is 25.0 Å². The van der Waals surface area contributed by atoms with E-state index in [1.807, 2.05) is 18.2 Å². The second-order valence-corrected chi connectivity index (χ2v) is 7.28. The lowest BCUT2D eigenvalue weighted by molar-refractivity contribution is -0.0444. The number of aliphatic hydroxyl groups is 1. The lowest BCUT2D eigenvalue weighted by atomic mass is 9.73. The summed E-state index contributed by atoms with van der Waals surface area (Å²) in [5.74, 6) is 1.81. The summed E-state index contributed by atoms with van der Waals surface area (Å²) in [5, 5.41) is 21.5. The van der Waals surface area contributed by atoms with E-state index >= 15 is 0 Å². The Morgan fingerprint density at radius 3 is 2.96 bits per heavy atom. The van der Waals surface area contributed by atoms with E-state index in [0.717, 1.165) is 42.6 Å². The van der Waals surface area contributed by atoms with Crippen LogP contribution in [0.25, 0.3) is 10.9 Å². The number of nitrogens with zero attached hydrogens (tertiary/aromatic N) is 3. The highest BCUT2D eigenvalue weighted by Gasteiger charge is 2.42. The van der Waals surface area contributed by atoms with Crippen molar-refractivity contribution in [3.05, 3.63) is 48.2 Å². The molecule has 5 rings (SSSR count). The smallest absolute Gasteiger partial charge is 0.141 e. The molecule has 0 spiro atoms. The fourth-order valence-corrected chi connectivity index (χ4v) is 4.57. The first kappa shape index (κ1) is 17.0. The first-order valence-electron chi connectivity index (χ1n) is 9.08. The second-order valence-electron chi connectivity index (χ2n) is 7.28. The first-order valence-corrected chi connectivity index (χ1v) is 9.08. The highest BCUT2D eigenvalue weighted by Crippen LogP contribution is 2.42. The summed E-state index contributed by atoms with van der Waals surface area (Å²) in [6.45, 7) is 5.93. The summed E-state index contributed by atoms with van der Waals surface area (Å²) in [6, 6.07) is 9.46.